The van der Waals surface area contributed by atoms with E-state index in [1.807, 2.05) is 18.2 Å². The summed E-state index contributed by atoms with van der Waals surface area (Å²) in [5.74, 6) is -0.713. The minimum Gasteiger partial charge on any atom is -0.423 e. The Morgan fingerprint density at radius 1 is 1.18 bits per heavy atom. The van der Waals surface area contributed by atoms with Gasteiger partial charge in [-0.15, -0.1) is 0 Å². The maximum Gasteiger partial charge on any atom is 0.336 e. The summed E-state index contributed by atoms with van der Waals surface area (Å²) in [7, 11) is -2.44. The molecule has 2 aromatic rings. The van der Waals surface area contributed by atoms with Crippen LogP contribution in [-0.2, 0) is 14.9 Å². The second kappa shape index (κ2) is 9.82. The Morgan fingerprint density at radius 3 is 2.27 bits per heavy atom. The van der Waals surface area contributed by atoms with Crippen molar-refractivity contribution < 1.29 is 22.2 Å². The van der Waals surface area contributed by atoms with Gasteiger partial charge in [0.2, 0.25) is 0 Å². The quantitative estimate of drug-likeness (QED) is 0.640. The average molecular weight is 329 g/mol. The van der Waals surface area contributed by atoms with E-state index in [2.05, 4.69) is 5.73 Å². The average Bonchev–Trinajstić information content (AvgIpc) is 2.47. The molecule has 0 bridgehead atoms. The van der Waals surface area contributed by atoms with E-state index in [0.717, 1.165) is 5.39 Å². The van der Waals surface area contributed by atoms with Gasteiger partial charge in [-0.25, -0.2) is 4.79 Å². The Balaban J connectivity index is 0.000000369. The van der Waals surface area contributed by atoms with Crippen molar-refractivity contribution in [1.82, 2.24) is 0 Å². The fraction of sp³-hybridized carbons (Fsp3) is 0.286. The van der Waals surface area contributed by atoms with Crippen molar-refractivity contribution in [3.63, 3.8) is 0 Å². The van der Waals surface area contributed by atoms with Gasteiger partial charge in [-0.05, 0) is 26.1 Å². The molecule has 1 aromatic carbocycles. The highest BCUT2D eigenvalue weighted by atomic mass is 32.2. The van der Waals surface area contributed by atoms with Crippen LogP contribution in [0.3, 0.4) is 0 Å². The third-order valence-electron chi connectivity index (χ3n) is 2.24. The number of para-hydroxylation sites is 1. The van der Waals surface area contributed by atoms with Gasteiger partial charge in [0.1, 0.15) is 11.4 Å². The van der Waals surface area contributed by atoms with Crippen LogP contribution in [0.25, 0.3) is 11.0 Å². The van der Waals surface area contributed by atoms with Crippen molar-refractivity contribution in [2.45, 2.75) is 13.3 Å². The fourth-order valence-electron chi connectivity index (χ4n) is 1.28. The first-order chi connectivity index (χ1) is 10.3. The lowest BCUT2D eigenvalue weighted by Gasteiger charge is -1.91. The zero-order chi connectivity index (χ0) is 17.2. The van der Waals surface area contributed by atoms with E-state index in [4.69, 9.17) is 8.97 Å². The number of carbonyl (C=O) groups is 1. The first-order valence-electron chi connectivity index (χ1n) is 6.29. The molecule has 0 saturated carbocycles. The van der Waals surface area contributed by atoms with Crippen LogP contribution >= 0.6 is 0 Å². The van der Waals surface area contributed by atoms with Crippen LogP contribution < -0.4 is 11.4 Å². The molecule has 0 aliphatic rings. The summed E-state index contributed by atoms with van der Waals surface area (Å²) in [4.78, 5) is 20.8. The van der Waals surface area contributed by atoms with E-state index >= 15 is 0 Å². The molecule has 0 radical (unpaired) electrons. The number of nitrogens with two attached hydrogens (primary N) is 1. The van der Waals surface area contributed by atoms with E-state index in [1.165, 1.54) is 20.0 Å². The minimum atomic E-state index is -3.94. The number of hydrogen-bond acceptors (Lipinski definition) is 6. The highest BCUT2D eigenvalue weighted by Gasteiger charge is 2.04. The lowest BCUT2D eigenvalue weighted by Crippen LogP contribution is -2.07. The maximum atomic E-state index is 10.7. The van der Waals surface area contributed by atoms with Gasteiger partial charge in [-0.1, -0.05) is 18.2 Å². The summed E-state index contributed by atoms with van der Waals surface area (Å²) >= 11 is 0. The molecule has 0 aliphatic carbocycles. The van der Waals surface area contributed by atoms with Gasteiger partial charge in [0.05, 0.1) is 5.75 Å². The third kappa shape index (κ3) is 9.01. The topological polar surface area (TPSA) is 128 Å². The van der Waals surface area contributed by atoms with Gasteiger partial charge >= 0.3 is 5.63 Å². The Morgan fingerprint density at radius 2 is 1.77 bits per heavy atom. The smallest absolute Gasteiger partial charge is 0.336 e. The highest BCUT2D eigenvalue weighted by Crippen LogP contribution is 2.08. The maximum absolute atomic E-state index is 10.7. The second-order valence-corrected chi connectivity index (χ2v) is 5.60. The Labute approximate surface area is 128 Å². The zero-order valence-electron chi connectivity index (χ0n) is 12.4. The van der Waals surface area contributed by atoms with Crippen LogP contribution in [0.15, 0.2) is 45.6 Å². The van der Waals surface area contributed by atoms with Gasteiger partial charge in [-0.3, -0.25) is 9.35 Å². The minimum absolute atomic E-state index is 0.112. The number of rotatable bonds is 3. The molecule has 0 spiro atoms. The molecule has 1 aromatic heterocycles. The molecule has 7 nitrogen and oxygen atoms in total. The van der Waals surface area contributed by atoms with Crippen LogP contribution in [0.4, 0.5) is 0 Å². The van der Waals surface area contributed by atoms with Crippen LogP contribution in [0.2, 0.25) is 0 Å². The lowest BCUT2D eigenvalue weighted by molar-refractivity contribution is -0.116. The van der Waals surface area contributed by atoms with Gasteiger partial charge in [-0.2, -0.15) is 8.42 Å². The molecule has 1 heterocycles. The van der Waals surface area contributed by atoms with Crippen LogP contribution in [0.5, 0.6) is 0 Å². The first-order valence-corrected chi connectivity index (χ1v) is 7.90. The van der Waals surface area contributed by atoms with Crippen LogP contribution in [-0.4, -0.2) is 31.6 Å². The number of ketones is 1. The molecule has 0 fully saturated rings. The molecule has 22 heavy (non-hydrogen) atoms. The van der Waals surface area contributed by atoms with Crippen molar-refractivity contribution in [3.05, 3.63) is 46.8 Å². The lowest BCUT2D eigenvalue weighted by atomic mass is 10.2. The number of hydrogen-bond donors (Lipinski definition) is 2. The Bertz CT molecular complexity index is 751. The summed E-state index contributed by atoms with van der Waals surface area (Å²) in [6.45, 7) is 1.27. The van der Waals surface area contributed by atoms with E-state index in [1.54, 1.807) is 12.1 Å². The monoisotopic (exact) mass is 329 g/mol. The highest BCUT2D eigenvalue weighted by molar-refractivity contribution is 7.85. The molecular formula is C14H19NO6S. The predicted molar refractivity (Wildman–Crippen MR) is 84.3 cm³/mol. The Hall–Kier alpha value is -2.03. The summed E-state index contributed by atoms with van der Waals surface area (Å²) in [6, 6.07) is 10.6. The molecule has 0 saturated heterocycles. The molecular weight excluding hydrogens is 310 g/mol. The molecule has 0 atom stereocenters. The Kier molecular flexibility index (Phi) is 8.92. The van der Waals surface area contributed by atoms with Gasteiger partial charge in [0.25, 0.3) is 10.1 Å². The van der Waals surface area contributed by atoms with Crippen molar-refractivity contribution in [3.8, 4) is 0 Å². The van der Waals surface area contributed by atoms with Crippen LogP contribution in [0, 0.1) is 0 Å². The molecule has 8 heteroatoms. The van der Waals surface area contributed by atoms with Crippen molar-refractivity contribution >= 4 is 26.9 Å². The van der Waals surface area contributed by atoms with E-state index in [0.29, 0.717) is 5.58 Å². The van der Waals surface area contributed by atoms with E-state index in [-0.39, 0.29) is 17.8 Å². The summed E-state index contributed by atoms with van der Waals surface area (Å²) in [5, 5.41) is 0.951. The summed E-state index contributed by atoms with van der Waals surface area (Å²) in [6.07, 6.45) is -0.112. The standard InChI is InChI=1S/C9H6O2.C4H8O4S.CH5N/c10-9-6-5-7-3-1-2-4-8(7)11-9;1-4(5)2-3-9(6,7)8;1-2/h1-6H;2-3H2,1H3,(H,6,7,8);2H2,1H3. The molecule has 0 unspecified atom stereocenters. The second-order valence-electron chi connectivity index (χ2n) is 4.03. The van der Waals surface area contributed by atoms with E-state index in [9.17, 15) is 18.0 Å². The molecule has 2 rings (SSSR count). The van der Waals surface area contributed by atoms with E-state index < -0.39 is 15.9 Å². The first kappa shape index (κ1) is 20.0. The fourth-order valence-corrected chi connectivity index (χ4v) is 1.83. The normalized spacial score (nSPS) is 10.0. The number of Topliss-reactive ketones (excluding diaryl/α,β-unsaturated/α-hetero) is 1. The molecule has 3 N–H and O–H groups in total. The van der Waals surface area contributed by atoms with Crippen molar-refractivity contribution in [1.29, 1.82) is 0 Å². The molecule has 0 aliphatic heterocycles. The molecule has 122 valence electrons. The van der Waals surface area contributed by atoms with Crippen molar-refractivity contribution in [2.75, 3.05) is 12.8 Å². The largest absolute Gasteiger partial charge is 0.423 e. The number of benzene rings is 1. The molecule has 0 amide bonds. The summed E-state index contributed by atoms with van der Waals surface area (Å²) in [5.41, 5.74) is 4.84. The van der Waals surface area contributed by atoms with Gasteiger partial charge < -0.3 is 10.2 Å². The van der Waals surface area contributed by atoms with Crippen LogP contribution in [0.1, 0.15) is 13.3 Å². The summed E-state index contributed by atoms with van der Waals surface area (Å²) < 4.78 is 32.9. The predicted octanol–water partition coefficient (Wildman–Crippen LogP) is 1.22. The number of fused-ring (bicyclic) bond motifs is 1. The van der Waals surface area contributed by atoms with Crippen molar-refractivity contribution in [2.24, 2.45) is 5.73 Å². The van der Waals surface area contributed by atoms with Gasteiger partial charge in [0.15, 0.2) is 0 Å². The zero-order valence-corrected chi connectivity index (χ0v) is 13.2. The van der Waals surface area contributed by atoms with Gasteiger partial charge in [0, 0.05) is 17.9 Å². The third-order valence-corrected chi connectivity index (χ3v) is 2.96. The number of carbonyl (C=O) groups excluding carboxylic acids is 1. The SMILES string of the molecule is CC(=O)CCS(=O)(=O)O.CN.O=c1ccc2ccccc2o1.